The van der Waals surface area contributed by atoms with Crippen molar-refractivity contribution in [1.29, 1.82) is 0 Å². The molecule has 0 radical (unpaired) electrons. The Morgan fingerprint density at radius 1 is 1.16 bits per heavy atom. The van der Waals surface area contributed by atoms with Crippen molar-refractivity contribution in [2.75, 3.05) is 26.8 Å². The van der Waals surface area contributed by atoms with Crippen LogP contribution in [0.1, 0.15) is 51.0 Å². The van der Waals surface area contributed by atoms with Gasteiger partial charge in [0.1, 0.15) is 6.10 Å². The lowest BCUT2D eigenvalue weighted by Crippen LogP contribution is -2.52. The third kappa shape index (κ3) is 5.84. The number of nitrogens with zero attached hydrogens (tertiary/aromatic N) is 1. The van der Waals surface area contributed by atoms with Gasteiger partial charge in [0.25, 0.3) is 0 Å². The van der Waals surface area contributed by atoms with Crippen molar-refractivity contribution in [2.45, 2.75) is 69.1 Å². The molecule has 1 aromatic rings. The van der Waals surface area contributed by atoms with Crippen LogP contribution < -0.4 is 5.32 Å². The molecular formula is C24H36N2O5. The minimum Gasteiger partial charge on any atom is -0.390 e. The molecule has 1 aliphatic heterocycles. The Kier molecular flexibility index (Phi) is 8.08. The number of benzene rings is 1. The molecule has 3 rings (SSSR count). The van der Waals surface area contributed by atoms with E-state index in [0.29, 0.717) is 45.4 Å². The second-order valence-electron chi connectivity index (χ2n) is 9.19. The lowest BCUT2D eigenvalue weighted by molar-refractivity contribution is -0.138. The summed E-state index contributed by atoms with van der Waals surface area (Å²) in [6, 6.07) is 9.35. The summed E-state index contributed by atoms with van der Waals surface area (Å²) in [7, 11) is 1.72. The molecule has 7 heteroatoms. The number of carbonyl (C=O) groups is 2. The maximum absolute atomic E-state index is 13.1. The average molecular weight is 433 g/mol. The lowest BCUT2D eigenvalue weighted by Gasteiger charge is -2.40. The third-order valence-corrected chi connectivity index (χ3v) is 7.06. The van der Waals surface area contributed by atoms with Crippen molar-refractivity contribution < 1.29 is 24.5 Å². The molecule has 3 N–H and O–H groups in total. The van der Waals surface area contributed by atoms with Crippen molar-refractivity contribution in [2.24, 2.45) is 5.92 Å². The number of amides is 2. The van der Waals surface area contributed by atoms with Crippen LogP contribution in [0.5, 0.6) is 0 Å². The molecule has 1 aromatic carbocycles. The molecule has 1 saturated carbocycles. The van der Waals surface area contributed by atoms with Gasteiger partial charge in [-0.05, 0) is 43.6 Å². The van der Waals surface area contributed by atoms with Gasteiger partial charge in [-0.25, -0.2) is 0 Å². The van der Waals surface area contributed by atoms with E-state index in [-0.39, 0.29) is 17.7 Å². The van der Waals surface area contributed by atoms with Gasteiger partial charge in [-0.2, -0.15) is 0 Å². The number of likely N-dealkylation sites (N-methyl/N-ethyl adjacent to an activating group) is 1. The minimum atomic E-state index is -1.04. The quantitative estimate of drug-likeness (QED) is 0.593. The molecule has 2 fully saturated rings. The molecule has 0 aromatic heterocycles. The standard InChI is InChI=1S/C24H36N2O5/c1-17(27)25-16-24(19-6-4-3-5-7-19)11-8-21(28)23(30)20(15-24)26(2)22(29)14-18-9-12-31-13-10-18/h3-7,18,20-21,23,28,30H,8-16H2,1-2H3,(H,25,27)/t20-,21-,23+,24+/m0/s1. The smallest absolute Gasteiger partial charge is 0.222 e. The summed E-state index contributed by atoms with van der Waals surface area (Å²) in [6.07, 6.45) is 1.66. The van der Waals surface area contributed by atoms with E-state index < -0.39 is 23.7 Å². The van der Waals surface area contributed by atoms with Gasteiger partial charge in [0, 0.05) is 45.6 Å². The van der Waals surface area contributed by atoms with Gasteiger partial charge in [0.2, 0.25) is 11.8 Å². The van der Waals surface area contributed by atoms with Gasteiger partial charge in [-0.15, -0.1) is 0 Å². The van der Waals surface area contributed by atoms with Gasteiger partial charge in [-0.3, -0.25) is 9.59 Å². The molecule has 2 amide bonds. The molecule has 7 nitrogen and oxygen atoms in total. The molecule has 31 heavy (non-hydrogen) atoms. The number of hydrogen-bond donors (Lipinski definition) is 3. The maximum atomic E-state index is 13.1. The van der Waals surface area contributed by atoms with E-state index in [0.717, 1.165) is 18.4 Å². The molecule has 0 bridgehead atoms. The molecule has 0 spiro atoms. The van der Waals surface area contributed by atoms with Crippen LogP contribution in [0, 0.1) is 5.92 Å². The molecule has 1 aliphatic carbocycles. The first-order valence-electron chi connectivity index (χ1n) is 11.3. The maximum Gasteiger partial charge on any atom is 0.222 e. The monoisotopic (exact) mass is 432 g/mol. The number of aliphatic hydroxyl groups excluding tert-OH is 2. The van der Waals surface area contributed by atoms with E-state index in [2.05, 4.69) is 5.32 Å². The van der Waals surface area contributed by atoms with E-state index in [1.165, 1.54) is 6.92 Å². The van der Waals surface area contributed by atoms with Gasteiger partial charge in [0.15, 0.2) is 0 Å². The van der Waals surface area contributed by atoms with Crippen molar-refractivity contribution in [3.05, 3.63) is 35.9 Å². The fourth-order valence-electron chi connectivity index (χ4n) is 4.98. The fraction of sp³-hybridized carbons (Fsp3) is 0.667. The highest BCUT2D eigenvalue weighted by Crippen LogP contribution is 2.40. The molecule has 1 saturated heterocycles. The first-order valence-corrected chi connectivity index (χ1v) is 11.3. The number of hydrogen-bond acceptors (Lipinski definition) is 5. The molecular weight excluding hydrogens is 396 g/mol. The number of aliphatic hydroxyl groups is 2. The lowest BCUT2D eigenvalue weighted by atomic mass is 9.73. The minimum absolute atomic E-state index is 0.0217. The average Bonchev–Trinajstić information content (AvgIpc) is 2.91. The second-order valence-corrected chi connectivity index (χ2v) is 9.19. The van der Waals surface area contributed by atoms with Crippen LogP contribution in [-0.2, 0) is 19.7 Å². The Morgan fingerprint density at radius 2 is 1.84 bits per heavy atom. The molecule has 2 aliphatic rings. The van der Waals surface area contributed by atoms with Gasteiger partial charge >= 0.3 is 0 Å². The van der Waals surface area contributed by atoms with E-state index in [9.17, 15) is 19.8 Å². The first-order chi connectivity index (χ1) is 14.8. The molecule has 0 unspecified atom stereocenters. The predicted molar refractivity (Wildman–Crippen MR) is 117 cm³/mol. The van der Waals surface area contributed by atoms with Gasteiger partial charge in [0.05, 0.1) is 12.1 Å². The number of rotatable bonds is 6. The van der Waals surface area contributed by atoms with E-state index in [1.807, 2.05) is 30.3 Å². The predicted octanol–water partition coefficient (Wildman–Crippen LogP) is 1.61. The molecule has 1 heterocycles. The van der Waals surface area contributed by atoms with Crippen LogP contribution >= 0.6 is 0 Å². The number of carbonyl (C=O) groups excluding carboxylic acids is 2. The van der Waals surface area contributed by atoms with Crippen molar-refractivity contribution in [3.63, 3.8) is 0 Å². The van der Waals surface area contributed by atoms with Crippen LogP contribution in [0.3, 0.4) is 0 Å². The molecule has 172 valence electrons. The second kappa shape index (κ2) is 10.6. The summed E-state index contributed by atoms with van der Waals surface area (Å²) >= 11 is 0. The van der Waals surface area contributed by atoms with Gasteiger partial charge < -0.3 is 25.2 Å². The van der Waals surface area contributed by atoms with E-state index in [1.54, 1.807) is 11.9 Å². The van der Waals surface area contributed by atoms with Crippen LogP contribution in [0.15, 0.2) is 30.3 Å². The Balaban J connectivity index is 1.86. The highest BCUT2D eigenvalue weighted by molar-refractivity contribution is 5.76. The summed E-state index contributed by atoms with van der Waals surface area (Å²) in [4.78, 5) is 26.5. The summed E-state index contributed by atoms with van der Waals surface area (Å²) in [5.41, 5.74) is 0.559. The Hall–Kier alpha value is -1.96. The van der Waals surface area contributed by atoms with E-state index in [4.69, 9.17) is 4.74 Å². The zero-order chi connectivity index (χ0) is 22.4. The Labute approximate surface area is 184 Å². The summed E-state index contributed by atoms with van der Waals surface area (Å²) in [5, 5.41) is 24.5. The third-order valence-electron chi connectivity index (χ3n) is 7.06. The van der Waals surface area contributed by atoms with Crippen molar-refractivity contribution in [3.8, 4) is 0 Å². The van der Waals surface area contributed by atoms with Crippen LogP contribution in [-0.4, -0.2) is 72.0 Å². The Bertz CT molecular complexity index is 737. The summed E-state index contributed by atoms with van der Waals surface area (Å²) in [5.74, 6) is 0.141. The highest BCUT2D eigenvalue weighted by atomic mass is 16.5. The first kappa shape index (κ1) is 23.7. The fourth-order valence-corrected chi connectivity index (χ4v) is 4.98. The van der Waals surface area contributed by atoms with E-state index >= 15 is 0 Å². The molecule has 4 atom stereocenters. The summed E-state index contributed by atoms with van der Waals surface area (Å²) in [6.45, 7) is 3.24. The van der Waals surface area contributed by atoms with Gasteiger partial charge in [-0.1, -0.05) is 30.3 Å². The highest BCUT2D eigenvalue weighted by Gasteiger charge is 2.45. The van der Waals surface area contributed by atoms with Crippen molar-refractivity contribution >= 4 is 11.8 Å². The van der Waals surface area contributed by atoms with Crippen LogP contribution in [0.25, 0.3) is 0 Å². The topological polar surface area (TPSA) is 99.1 Å². The van der Waals surface area contributed by atoms with Crippen molar-refractivity contribution in [1.82, 2.24) is 10.2 Å². The number of ether oxygens (including phenoxy) is 1. The Morgan fingerprint density at radius 3 is 2.48 bits per heavy atom. The van der Waals surface area contributed by atoms with Crippen LogP contribution in [0.4, 0.5) is 0 Å². The number of nitrogens with one attached hydrogen (secondary N) is 1. The SMILES string of the molecule is CC(=O)NC[C@@]1(c2ccccc2)CC[C@H](O)[C@H](O)[C@@H](N(C)C(=O)CC2CCOCC2)C1. The zero-order valence-corrected chi connectivity index (χ0v) is 18.6. The van der Waals surface area contributed by atoms with Crippen LogP contribution in [0.2, 0.25) is 0 Å². The normalized spacial score (nSPS) is 29.7. The zero-order valence-electron chi connectivity index (χ0n) is 18.6. The largest absolute Gasteiger partial charge is 0.390 e. The summed E-state index contributed by atoms with van der Waals surface area (Å²) < 4.78 is 5.40.